The summed E-state index contributed by atoms with van der Waals surface area (Å²) in [5.41, 5.74) is 7.89. The highest BCUT2D eigenvalue weighted by Crippen LogP contribution is 2.33. The van der Waals surface area contributed by atoms with Crippen molar-refractivity contribution in [3.8, 4) is 0 Å². The zero-order valence-electron chi connectivity index (χ0n) is 11.2. The Hall–Kier alpha value is -1.65. The number of rotatable bonds is 3. The summed E-state index contributed by atoms with van der Waals surface area (Å²) in [7, 11) is 0. The van der Waals surface area contributed by atoms with E-state index < -0.39 is 0 Å². The summed E-state index contributed by atoms with van der Waals surface area (Å²) < 4.78 is 0. The van der Waals surface area contributed by atoms with E-state index in [1.54, 1.807) is 0 Å². The SMILES string of the molecule is NC(=S)c1ccc(N2CCCC2CO)c2ccccc12. The van der Waals surface area contributed by atoms with Crippen LogP contribution in [0.4, 0.5) is 5.69 Å². The Morgan fingerprint density at radius 3 is 2.70 bits per heavy atom. The Kier molecular flexibility index (Phi) is 3.59. The molecule has 0 aromatic heterocycles. The van der Waals surface area contributed by atoms with Gasteiger partial charge in [-0.25, -0.2) is 0 Å². The average Bonchev–Trinajstić information content (AvgIpc) is 2.94. The maximum atomic E-state index is 9.53. The third-order valence-electron chi connectivity index (χ3n) is 4.06. The van der Waals surface area contributed by atoms with Crippen LogP contribution < -0.4 is 10.6 Å². The summed E-state index contributed by atoms with van der Waals surface area (Å²) in [5.74, 6) is 0. The molecule has 1 heterocycles. The maximum Gasteiger partial charge on any atom is 0.104 e. The Morgan fingerprint density at radius 2 is 2.00 bits per heavy atom. The topological polar surface area (TPSA) is 49.5 Å². The number of nitrogens with two attached hydrogens (primary N) is 1. The summed E-state index contributed by atoms with van der Waals surface area (Å²) in [6.07, 6.45) is 2.17. The Morgan fingerprint density at radius 1 is 1.25 bits per heavy atom. The quantitative estimate of drug-likeness (QED) is 0.851. The number of aliphatic hydroxyl groups is 1. The second-order valence-electron chi connectivity index (χ2n) is 5.21. The van der Waals surface area contributed by atoms with E-state index >= 15 is 0 Å². The van der Waals surface area contributed by atoms with E-state index in [1.807, 2.05) is 18.2 Å². The summed E-state index contributed by atoms with van der Waals surface area (Å²) in [6, 6.07) is 12.5. The number of anilines is 1. The van der Waals surface area contributed by atoms with Crippen molar-refractivity contribution in [1.29, 1.82) is 0 Å². The van der Waals surface area contributed by atoms with Crippen molar-refractivity contribution in [3.63, 3.8) is 0 Å². The van der Waals surface area contributed by atoms with Gasteiger partial charge in [-0.15, -0.1) is 0 Å². The number of hydrogen-bond donors (Lipinski definition) is 2. The molecule has 0 spiro atoms. The summed E-state index contributed by atoms with van der Waals surface area (Å²) in [6.45, 7) is 1.19. The van der Waals surface area contributed by atoms with Crippen molar-refractivity contribution >= 4 is 33.7 Å². The van der Waals surface area contributed by atoms with Crippen molar-refractivity contribution in [1.82, 2.24) is 0 Å². The standard InChI is InChI=1S/C16H18N2OS/c17-16(20)14-7-8-15(13-6-2-1-5-12(13)14)18-9-3-4-11(18)10-19/h1-2,5-8,11,19H,3-4,9-10H2,(H2,17,20). The predicted octanol–water partition coefficient (Wildman–Crippen LogP) is 2.44. The number of fused-ring (bicyclic) bond motifs is 1. The Balaban J connectivity index is 2.18. The number of nitrogens with zero attached hydrogens (tertiary/aromatic N) is 1. The smallest absolute Gasteiger partial charge is 0.104 e. The van der Waals surface area contributed by atoms with E-state index in [2.05, 4.69) is 23.1 Å². The molecular formula is C16H18N2OS. The van der Waals surface area contributed by atoms with Crippen molar-refractivity contribution in [3.05, 3.63) is 42.0 Å². The molecule has 1 unspecified atom stereocenters. The molecule has 0 bridgehead atoms. The molecule has 104 valence electrons. The molecule has 3 nitrogen and oxygen atoms in total. The van der Waals surface area contributed by atoms with Crippen molar-refractivity contribution in [2.24, 2.45) is 5.73 Å². The average molecular weight is 286 g/mol. The van der Waals surface area contributed by atoms with E-state index in [4.69, 9.17) is 18.0 Å². The lowest BCUT2D eigenvalue weighted by molar-refractivity contribution is 0.266. The van der Waals surface area contributed by atoms with Gasteiger partial charge >= 0.3 is 0 Å². The third-order valence-corrected chi connectivity index (χ3v) is 4.28. The fraction of sp³-hybridized carbons (Fsp3) is 0.312. The van der Waals surface area contributed by atoms with Gasteiger partial charge in [0.25, 0.3) is 0 Å². The van der Waals surface area contributed by atoms with Crippen molar-refractivity contribution in [2.75, 3.05) is 18.1 Å². The van der Waals surface area contributed by atoms with E-state index in [0.29, 0.717) is 4.99 Å². The van der Waals surface area contributed by atoms with Gasteiger partial charge in [-0.1, -0.05) is 36.5 Å². The van der Waals surface area contributed by atoms with Crippen molar-refractivity contribution in [2.45, 2.75) is 18.9 Å². The fourth-order valence-corrected chi connectivity index (χ4v) is 3.27. The summed E-state index contributed by atoms with van der Waals surface area (Å²) in [4.78, 5) is 2.72. The lowest BCUT2D eigenvalue weighted by Gasteiger charge is -2.27. The monoisotopic (exact) mass is 286 g/mol. The molecule has 20 heavy (non-hydrogen) atoms. The number of hydrogen-bond acceptors (Lipinski definition) is 3. The largest absolute Gasteiger partial charge is 0.394 e. The fourth-order valence-electron chi connectivity index (χ4n) is 3.09. The van der Waals surface area contributed by atoms with Gasteiger partial charge in [0.05, 0.1) is 12.6 Å². The predicted molar refractivity (Wildman–Crippen MR) is 87.3 cm³/mol. The molecule has 1 fully saturated rings. The number of benzene rings is 2. The van der Waals surface area contributed by atoms with Crippen LogP contribution in [0.3, 0.4) is 0 Å². The minimum absolute atomic E-state index is 0.200. The van der Waals surface area contributed by atoms with Crippen LogP contribution in [0.25, 0.3) is 10.8 Å². The third kappa shape index (κ3) is 2.15. The molecule has 1 atom stereocenters. The lowest BCUT2D eigenvalue weighted by atomic mass is 10.0. The van der Waals surface area contributed by atoms with Gasteiger partial charge in [0.1, 0.15) is 4.99 Å². The van der Waals surface area contributed by atoms with Gasteiger partial charge in [0, 0.05) is 23.2 Å². The van der Waals surface area contributed by atoms with Gasteiger partial charge in [-0.05, 0) is 30.4 Å². The maximum absolute atomic E-state index is 9.53. The van der Waals surface area contributed by atoms with E-state index in [1.165, 1.54) is 0 Å². The number of aliphatic hydroxyl groups excluding tert-OH is 1. The first kappa shape index (κ1) is 13.3. The van der Waals surface area contributed by atoms with Crippen LogP contribution in [0.5, 0.6) is 0 Å². The van der Waals surface area contributed by atoms with Crippen LogP contribution >= 0.6 is 12.2 Å². The van der Waals surface area contributed by atoms with Crippen LogP contribution in [0.15, 0.2) is 36.4 Å². The van der Waals surface area contributed by atoms with E-state index in [-0.39, 0.29) is 12.6 Å². The highest BCUT2D eigenvalue weighted by molar-refractivity contribution is 7.80. The molecular weight excluding hydrogens is 268 g/mol. The van der Waals surface area contributed by atoms with Gasteiger partial charge in [-0.3, -0.25) is 0 Å². The van der Waals surface area contributed by atoms with Crippen LogP contribution in [0.1, 0.15) is 18.4 Å². The number of thiocarbonyl (C=S) groups is 1. The molecule has 3 rings (SSSR count). The van der Waals surface area contributed by atoms with Crippen LogP contribution in [0, 0.1) is 0 Å². The van der Waals surface area contributed by atoms with E-state index in [0.717, 1.165) is 41.4 Å². The summed E-state index contributed by atoms with van der Waals surface area (Å²) in [5, 5.41) is 11.8. The Labute approximate surface area is 124 Å². The van der Waals surface area contributed by atoms with E-state index in [9.17, 15) is 5.11 Å². The van der Waals surface area contributed by atoms with Gasteiger partial charge < -0.3 is 15.7 Å². The van der Waals surface area contributed by atoms with Crippen LogP contribution in [0.2, 0.25) is 0 Å². The molecule has 0 amide bonds. The first-order valence-corrected chi connectivity index (χ1v) is 7.32. The van der Waals surface area contributed by atoms with Crippen molar-refractivity contribution < 1.29 is 5.11 Å². The van der Waals surface area contributed by atoms with Crippen LogP contribution in [-0.2, 0) is 0 Å². The molecule has 0 aliphatic carbocycles. The van der Waals surface area contributed by atoms with Gasteiger partial charge in [0.15, 0.2) is 0 Å². The Bertz CT molecular complexity index is 656. The molecule has 3 N–H and O–H groups in total. The first-order chi connectivity index (χ1) is 9.72. The minimum atomic E-state index is 0.200. The molecule has 1 aliphatic heterocycles. The molecule has 2 aromatic carbocycles. The zero-order chi connectivity index (χ0) is 14.1. The zero-order valence-corrected chi connectivity index (χ0v) is 12.1. The molecule has 1 saturated heterocycles. The highest BCUT2D eigenvalue weighted by atomic mass is 32.1. The second-order valence-corrected chi connectivity index (χ2v) is 5.65. The van der Waals surface area contributed by atoms with Gasteiger partial charge in [0.2, 0.25) is 0 Å². The lowest BCUT2D eigenvalue weighted by Crippen LogP contribution is -2.32. The first-order valence-electron chi connectivity index (χ1n) is 6.91. The van der Waals surface area contributed by atoms with Gasteiger partial charge in [-0.2, -0.15) is 0 Å². The molecule has 4 heteroatoms. The highest BCUT2D eigenvalue weighted by Gasteiger charge is 2.25. The molecule has 2 aromatic rings. The second kappa shape index (κ2) is 5.38. The van der Waals surface area contributed by atoms with Crippen LogP contribution in [-0.4, -0.2) is 29.3 Å². The molecule has 0 radical (unpaired) electrons. The molecule has 1 aliphatic rings. The summed E-state index contributed by atoms with van der Waals surface area (Å²) >= 11 is 5.14. The normalized spacial score (nSPS) is 18.6. The minimum Gasteiger partial charge on any atom is -0.394 e. The molecule has 0 saturated carbocycles.